The standard InChI is InChI=1S/C31H47NO/c1-28(2,3)25-17-22(18-26(27(25)33)29(4,5)6)12-11-21-13-15-23(16-14-21)24-19-30(7,8)32-31(9,10)20-24/h13-18,24,32-33H,11-12,19-20H2,1-10H3. The van der Waals surface area contributed by atoms with Gasteiger partial charge in [-0.25, -0.2) is 0 Å². The summed E-state index contributed by atoms with van der Waals surface area (Å²) in [5, 5.41) is 14.8. The van der Waals surface area contributed by atoms with Crippen LogP contribution in [-0.4, -0.2) is 16.2 Å². The van der Waals surface area contributed by atoms with Crippen molar-refractivity contribution in [2.45, 2.75) is 123 Å². The minimum absolute atomic E-state index is 0.0852. The van der Waals surface area contributed by atoms with E-state index in [0.717, 1.165) is 24.0 Å². The molecule has 2 aromatic rings. The van der Waals surface area contributed by atoms with Crippen molar-refractivity contribution in [2.24, 2.45) is 0 Å². The number of phenols is 1. The summed E-state index contributed by atoms with van der Waals surface area (Å²) in [6.07, 6.45) is 4.35. The van der Waals surface area contributed by atoms with Crippen LogP contribution in [0.25, 0.3) is 0 Å². The van der Waals surface area contributed by atoms with Gasteiger partial charge in [-0.3, -0.25) is 0 Å². The molecule has 0 spiro atoms. The quantitative estimate of drug-likeness (QED) is 0.499. The van der Waals surface area contributed by atoms with Gasteiger partial charge in [-0.05, 0) is 97.9 Å². The Morgan fingerprint density at radius 2 is 1.18 bits per heavy atom. The fourth-order valence-corrected chi connectivity index (χ4v) is 5.79. The molecule has 1 aliphatic rings. The first-order chi connectivity index (χ1) is 15.0. The molecule has 2 N–H and O–H groups in total. The van der Waals surface area contributed by atoms with Gasteiger partial charge in [-0.2, -0.15) is 0 Å². The fourth-order valence-electron chi connectivity index (χ4n) is 5.79. The molecule has 0 aromatic heterocycles. The summed E-state index contributed by atoms with van der Waals surface area (Å²) >= 11 is 0. The first-order valence-corrected chi connectivity index (χ1v) is 12.7. The van der Waals surface area contributed by atoms with Gasteiger partial charge in [-0.1, -0.05) is 77.9 Å². The third-order valence-corrected chi connectivity index (χ3v) is 7.13. The van der Waals surface area contributed by atoms with Crippen LogP contribution in [0.5, 0.6) is 5.75 Å². The molecule has 0 saturated carbocycles. The van der Waals surface area contributed by atoms with E-state index in [9.17, 15) is 5.11 Å². The van der Waals surface area contributed by atoms with Crippen LogP contribution < -0.4 is 5.32 Å². The first kappa shape index (κ1) is 25.8. The predicted octanol–water partition coefficient (Wildman–Crippen LogP) is 7.80. The molecule has 1 heterocycles. The summed E-state index contributed by atoms with van der Waals surface area (Å²) in [5.41, 5.74) is 6.43. The number of rotatable bonds is 4. The van der Waals surface area contributed by atoms with E-state index in [0.29, 0.717) is 11.7 Å². The summed E-state index contributed by atoms with van der Waals surface area (Å²) in [7, 11) is 0. The van der Waals surface area contributed by atoms with Crippen molar-refractivity contribution in [2.75, 3.05) is 0 Å². The topological polar surface area (TPSA) is 32.3 Å². The zero-order chi connectivity index (χ0) is 24.8. The van der Waals surface area contributed by atoms with Crippen molar-refractivity contribution >= 4 is 0 Å². The predicted molar refractivity (Wildman–Crippen MR) is 143 cm³/mol. The molecule has 3 rings (SSSR count). The average molecular weight is 450 g/mol. The van der Waals surface area contributed by atoms with E-state index in [4.69, 9.17) is 0 Å². The van der Waals surface area contributed by atoms with Crippen molar-refractivity contribution < 1.29 is 5.11 Å². The zero-order valence-corrected chi connectivity index (χ0v) is 22.8. The Bertz CT molecular complexity index is 916. The number of hydrogen-bond acceptors (Lipinski definition) is 2. The van der Waals surface area contributed by atoms with Gasteiger partial charge in [-0.15, -0.1) is 0 Å². The van der Waals surface area contributed by atoms with Gasteiger partial charge in [0.15, 0.2) is 0 Å². The number of nitrogens with one attached hydrogen (secondary N) is 1. The first-order valence-electron chi connectivity index (χ1n) is 12.7. The van der Waals surface area contributed by atoms with Crippen LogP contribution in [0.2, 0.25) is 0 Å². The van der Waals surface area contributed by atoms with E-state index in [1.165, 1.54) is 29.5 Å². The van der Waals surface area contributed by atoms with E-state index in [2.05, 4.69) is 111 Å². The Hall–Kier alpha value is -1.80. The molecule has 0 unspecified atom stereocenters. The molecule has 0 amide bonds. The van der Waals surface area contributed by atoms with E-state index >= 15 is 0 Å². The lowest BCUT2D eigenvalue weighted by molar-refractivity contribution is 0.162. The lowest BCUT2D eigenvalue weighted by Crippen LogP contribution is -2.57. The van der Waals surface area contributed by atoms with E-state index < -0.39 is 0 Å². The molecule has 1 aliphatic heterocycles. The largest absolute Gasteiger partial charge is 0.507 e. The average Bonchev–Trinajstić information content (AvgIpc) is 2.63. The Morgan fingerprint density at radius 3 is 1.61 bits per heavy atom. The monoisotopic (exact) mass is 449 g/mol. The maximum absolute atomic E-state index is 11.0. The van der Waals surface area contributed by atoms with E-state index in [-0.39, 0.29) is 21.9 Å². The third kappa shape index (κ3) is 6.41. The van der Waals surface area contributed by atoms with Gasteiger partial charge in [0.05, 0.1) is 0 Å². The van der Waals surface area contributed by atoms with Crippen LogP contribution in [0, 0.1) is 0 Å². The van der Waals surface area contributed by atoms with Crippen LogP contribution in [0.1, 0.15) is 116 Å². The fraction of sp³-hybridized carbons (Fsp3) is 0.613. The molecular formula is C31H47NO. The van der Waals surface area contributed by atoms with Crippen molar-refractivity contribution in [3.63, 3.8) is 0 Å². The van der Waals surface area contributed by atoms with Crippen LogP contribution in [-0.2, 0) is 23.7 Å². The molecule has 2 nitrogen and oxygen atoms in total. The third-order valence-electron chi connectivity index (χ3n) is 7.13. The second-order valence-electron chi connectivity index (χ2n) is 13.8. The molecule has 33 heavy (non-hydrogen) atoms. The highest BCUT2D eigenvalue weighted by Crippen LogP contribution is 2.41. The van der Waals surface area contributed by atoms with Crippen molar-refractivity contribution in [1.82, 2.24) is 5.32 Å². The van der Waals surface area contributed by atoms with Crippen molar-refractivity contribution in [3.05, 3.63) is 64.2 Å². The summed E-state index contributed by atoms with van der Waals surface area (Å²) in [6, 6.07) is 13.8. The number of aromatic hydroxyl groups is 1. The highest BCUT2D eigenvalue weighted by atomic mass is 16.3. The summed E-state index contributed by atoms with van der Waals surface area (Å²) < 4.78 is 0. The molecule has 2 heteroatoms. The lowest BCUT2D eigenvalue weighted by Gasteiger charge is -2.46. The molecule has 0 atom stereocenters. The normalized spacial score (nSPS) is 19.0. The summed E-state index contributed by atoms with van der Waals surface area (Å²) in [4.78, 5) is 0. The molecule has 0 bridgehead atoms. The number of hydrogen-bond donors (Lipinski definition) is 2. The molecule has 1 saturated heterocycles. The molecule has 0 aliphatic carbocycles. The number of phenolic OH excluding ortho intramolecular Hbond substituents is 1. The van der Waals surface area contributed by atoms with Crippen molar-refractivity contribution in [1.29, 1.82) is 0 Å². The highest BCUT2D eigenvalue weighted by molar-refractivity contribution is 5.50. The number of piperidine rings is 1. The van der Waals surface area contributed by atoms with E-state index in [1.54, 1.807) is 0 Å². The molecular weight excluding hydrogens is 402 g/mol. The minimum Gasteiger partial charge on any atom is -0.507 e. The summed E-state index contributed by atoms with van der Waals surface area (Å²) in [5.74, 6) is 1.07. The second kappa shape index (κ2) is 8.77. The molecule has 1 fully saturated rings. The van der Waals surface area contributed by atoms with Gasteiger partial charge in [0.1, 0.15) is 5.75 Å². The Morgan fingerprint density at radius 1 is 0.758 bits per heavy atom. The Labute approximate surface area is 203 Å². The van der Waals surface area contributed by atoms with Crippen molar-refractivity contribution in [3.8, 4) is 5.75 Å². The molecule has 0 radical (unpaired) electrons. The Kier molecular flexibility index (Phi) is 6.86. The van der Waals surface area contributed by atoms with Crippen LogP contribution >= 0.6 is 0 Å². The van der Waals surface area contributed by atoms with Gasteiger partial charge in [0, 0.05) is 11.1 Å². The number of aryl methyl sites for hydroxylation is 2. The van der Waals surface area contributed by atoms with Gasteiger partial charge < -0.3 is 10.4 Å². The SMILES string of the molecule is CC1(C)CC(c2ccc(CCc3cc(C(C)(C)C)c(O)c(C(C)(C)C)c3)cc2)CC(C)(C)N1. The summed E-state index contributed by atoms with van der Waals surface area (Å²) in [6.45, 7) is 22.4. The van der Waals surface area contributed by atoms with Gasteiger partial charge in [0.2, 0.25) is 0 Å². The van der Waals surface area contributed by atoms with Crippen LogP contribution in [0.15, 0.2) is 36.4 Å². The van der Waals surface area contributed by atoms with E-state index in [1.807, 2.05) is 0 Å². The second-order valence-corrected chi connectivity index (χ2v) is 13.8. The lowest BCUT2D eigenvalue weighted by atomic mass is 9.73. The van der Waals surface area contributed by atoms with Gasteiger partial charge >= 0.3 is 0 Å². The smallest absolute Gasteiger partial charge is 0.123 e. The minimum atomic E-state index is -0.0852. The highest BCUT2D eigenvalue weighted by Gasteiger charge is 2.38. The van der Waals surface area contributed by atoms with Crippen LogP contribution in [0.3, 0.4) is 0 Å². The molecule has 2 aromatic carbocycles. The maximum Gasteiger partial charge on any atom is 0.123 e. The van der Waals surface area contributed by atoms with Crippen LogP contribution in [0.4, 0.5) is 0 Å². The maximum atomic E-state index is 11.0. The zero-order valence-electron chi connectivity index (χ0n) is 22.8. The Balaban J connectivity index is 1.78. The van der Waals surface area contributed by atoms with Gasteiger partial charge in [0.25, 0.3) is 0 Å². The number of benzene rings is 2. The molecule has 182 valence electrons.